The van der Waals surface area contributed by atoms with Crippen LogP contribution in [0.15, 0.2) is 48.5 Å². The summed E-state index contributed by atoms with van der Waals surface area (Å²) in [4.78, 5) is 36.1. The molecule has 0 aliphatic rings. The number of benzene rings is 2. The molecule has 0 unspecified atom stereocenters. The number of esters is 1. The van der Waals surface area contributed by atoms with E-state index in [1.54, 1.807) is 30.3 Å². The highest BCUT2D eigenvalue weighted by atomic mass is 35.5. The minimum Gasteiger partial charge on any atom is -0.451 e. The van der Waals surface area contributed by atoms with Crippen molar-refractivity contribution < 1.29 is 23.5 Å². The molecule has 0 fully saturated rings. The number of carbonyl (C=O) groups is 3. The standard InChI is InChI=1S/C19H19ClFN3O4/c1-11(22-19(27)24-13-6-4-3-5-7-13)18(26)28-12(2)17(25)23-14-8-9-16(21)15(20)10-14/h3-12H,1-2H3,(H,23,25)(H2,22,24,27)/t11-,12-/m0/s1. The summed E-state index contributed by atoms with van der Waals surface area (Å²) in [5.74, 6) is -2.03. The Morgan fingerprint density at radius 3 is 2.32 bits per heavy atom. The lowest BCUT2D eigenvalue weighted by molar-refractivity contribution is -0.154. The first-order valence-electron chi connectivity index (χ1n) is 8.35. The van der Waals surface area contributed by atoms with Crippen molar-refractivity contribution in [1.82, 2.24) is 5.32 Å². The van der Waals surface area contributed by atoms with E-state index >= 15 is 0 Å². The number of halogens is 2. The average Bonchev–Trinajstić information content (AvgIpc) is 2.65. The molecule has 0 aromatic heterocycles. The van der Waals surface area contributed by atoms with Crippen LogP contribution in [0.1, 0.15) is 13.8 Å². The van der Waals surface area contributed by atoms with Crippen molar-refractivity contribution in [3.8, 4) is 0 Å². The molecule has 0 aliphatic carbocycles. The van der Waals surface area contributed by atoms with Gasteiger partial charge in [0.05, 0.1) is 5.02 Å². The quantitative estimate of drug-likeness (QED) is 0.638. The van der Waals surface area contributed by atoms with Crippen LogP contribution in [0.25, 0.3) is 0 Å². The molecule has 2 atom stereocenters. The predicted octanol–water partition coefficient (Wildman–Crippen LogP) is 3.56. The van der Waals surface area contributed by atoms with Crippen LogP contribution in [0.4, 0.5) is 20.6 Å². The molecule has 148 valence electrons. The monoisotopic (exact) mass is 407 g/mol. The number of ether oxygens (including phenoxy) is 1. The van der Waals surface area contributed by atoms with Gasteiger partial charge in [-0.3, -0.25) is 4.79 Å². The maximum absolute atomic E-state index is 13.1. The van der Waals surface area contributed by atoms with Crippen LogP contribution in [0, 0.1) is 5.82 Å². The third-order valence-electron chi connectivity index (χ3n) is 3.58. The number of urea groups is 1. The predicted molar refractivity (Wildman–Crippen MR) is 104 cm³/mol. The third kappa shape index (κ3) is 6.24. The second-order valence-corrected chi connectivity index (χ2v) is 6.29. The van der Waals surface area contributed by atoms with Crippen molar-refractivity contribution in [2.75, 3.05) is 10.6 Å². The molecule has 28 heavy (non-hydrogen) atoms. The molecule has 3 amide bonds. The number of carbonyl (C=O) groups excluding carboxylic acids is 3. The number of nitrogens with one attached hydrogen (secondary N) is 3. The summed E-state index contributed by atoms with van der Waals surface area (Å²) in [5.41, 5.74) is 0.819. The molecule has 0 saturated carbocycles. The number of amides is 3. The van der Waals surface area contributed by atoms with Gasteiger partial charge >= 0.3 is 12.0 Å². The highest BCUT2D eigenvalue weighted by Gasteiger charge is 2.23. The highest BCUT2D eigenvalue weighted by molar-refractivity contribution is 6.31. The molecular weight excluding hydrogens is 389 g/mol. The second-order valence-electron chi connectivity index (χ2n) is 5.88. The third-order valence-corrected chi connectivity index (χ3v) is 3.87. The normalized spacial score (nSPS) is 12.4. The summed E-state index contributed by atoms with van der Waals surface area (Å²) in [6.45, 7) is 2.80. The Kier molecular flexibility index (Phi) is 7.34. The lowest BCUT2D eigenvalue weighted by atomic mass is 10.3. The zero-order valence-corrected chi connectivity index (χ0v) is 15.9. The Morgan fingerprint density at radius 1 is 1.00 bits per heavy atom. The maximum Gasteiger partial charge on any atom is 0.329 e. The Balaban J connectivity index is 1.83. The van der Waals surface area contributed by atoms with Gasteiger partial charge in [-0.1, -0.05) is 29.8 Å². The number of para-hydroxylation sites is 1. The first-order valence-corrected chi connectivity index (χ1v) is 8.73. The van der Waals surface area contributed by atoms with Gasteiger partial charge in [0.15, 0.2) is 6.10 Å². The van der Waals surface area contributed by atoms with Gasteiger partial charge in [-0.2, -0.15) is 0 Å². The minimum atomic E-state index is -1.14. The number of hydrogen-bond acceptors (Lipinski definition) is 4. The first-order chi connectivity index (χ1) is 13.3. The Hall–Kier alpha value is -3.13. The lowest BCUT2D eigenvalue weighted by Crippen LogP contribution is -2.44. The minimum absolute atomic E-state index is 0.148. The maximum atomic E-state index is 13.1. The second kappa shape index (κ2) is 9.70. The Labute approximate surface area is 166 Å². The van der Waals surface area contributed by atoms with Gasteiger partial charge in [-0.25, -0.2) is 14.0 Å². The number of anilines is 2. The fourth-order valence-electron chi connectivity index (χ4n) is 2.09. The molecule has 0 bridgehead atoms. The van der Waals surface area contributed by atoms with Crippen LogP contribution in [0.2, 0.25) is 5.02 Å². The largest absolute Gasteiger partial charge is 0.451 e. The van der Waals surface area contributed by atoms with Crippen molar-refractivity contribution >= 4 is 40.9 Å². The van der Waals surface area contributed by atoms with Gasteiger partial charge in [0, 0.05) is 11.4 Å². The SMILES string of the molecule is C[C@H](NC(=O)Nc1ccccc1)C(=O)O[C@@H](C)C(=O)Nc1ccc(F)c(Cl)c1. The first kappa shape index (κ1) is 21.2. The van der Waals surface area contributed by atoms with E-state index < -0.39 is 35.9 Å². The molecule has 2 aromatic rings. The highest BCUT2D eigenvalue weighted by Crippen LogP contribution is 2.19. The molecule has 9 heteroatoms. The zero-order chi connectivity index (χ0) is 20.7. The van der Waals surface area contributed by atoms with Gasteiger partial charge in [-0.15, -0.1) is 0 Å². The Bertz CT molecular complexity index is 864. The fraction of sp³-hybridized carbons (Fsp3) is 0.211. The molecule has 0 aliphatic heterocycles. The van der Waals surface area contributed by atoms with E-state index in [0.717, 1.165) is 6.07 Å². The van der Waals surface area contributed by atoms with Gasteiger partial charge < -0.3 is 20.7 Å². The van der Waals surface area contributed by atoms with Crippen LogP contribution in [0.3, 0.4) is 0 Å². The van der Waals surface area contributed by atoms with Crippen molar-refractivity contribution in [2.45, 2.75) is 26.0 Å². The van der Waals surface area contributed by atoms with Crippen molar-refractivity contribution in [3.05, 3.63) is 59.4 Å². The summed E-state index contributed by atoms with van der Waals surface area (Å²) in [5, 5.41) is 7.30. The summed E-state index contributed by atoms with van der Waals surface area (Å²) in [6, 6.07) is 10.8. The molecule has 0 spiro atoms. The summed E-state index contributed by atoms with van der Waals surface area (Å²) < 4.78 is 18.2. The van der Waals surface area contributed by atoms with Crippen LogP contribution in [-0.4, -0.2) is 30.1 Å². The van der Waals surface area contributed by atoms with E-state index in [0.29, 0.717) is 5.69 Å². The van der Waals surface area contributed by atoms with Crippen molar-refractivity contribution in [2.24, 2.45) is 0 Å². The van der Waals surface area contributed by atoms with Gasteiger partial charge in [-0.05, 0) is 44.2 Å². The molecular formula is C19H19ClFN3O4. The van der Waals surface area contributed by atoms with E-state index in [2.05, 4.69) is 16.0 Å². The summed E-state index contributed by atoms with van der Waals surface area (Å²) in [7, 11) is 0. The van der Waals surface area contributed by atoms with E-state index in [-0.39, 0.29) is 10.7 Å². The van der Waals surface area contributed by atoms with Crippen molar-refractivity contribution in [3.63, 3.8) is 0 Å². The lowest BCUT2D eigenvalue weighted by Gasteiger charge is -2.18. The van der Waals surface area contributed by atoms with Crippen molar-refractivity contribution in [1.29, 1.82) is 0 Å². The van der Waals surface area contributed by atoms with Crippen LogP contribution < -0.4 is 16.0 Å². The van der Waals surface area contributed by atoms with E-state index in [4.69, 9.17) is 16.3 Å². The van der Waals surface area contributed by atoms with Gasteiger partial charge in [0.25, 0.3) is 5.91 Å². The van der Waals surface area contributed by atoms with E-state index in [1.165, 1.54) is 26.0 Å². The molecule has 2 aromatic carbocycles. The molecule has 2 rings (SSSR count). The smallest absolute Gasteiger partial charge is 0.329 e. The molecule has 3 N–H and O–H groups in total. The van der Waals surface area contributed by atoms with Gasteiger partial charge in [0.1, 0.15) is 11.9 Å². The van der Waals surface area contributed by atoms with E-state index in [1.807, 2.05) is 0 Å². The van der Waals surface area contributed by atoms with Gasteiger partial charge in [0.2, 0.25) is 0 Å². The number of hydrogen-bond donors (Lipinski definition) is 3. The average molecular weight is 408 g/mol. The summed E-state index contributed by atoms with van der Waals surface area (Å²) >= 11 is 5.65. The summed E-state index contributed by atoms with van der Waals surface area (Å²) in [6.07, 6.45) is -1.14. The molecule has 0 radical (unpaired) electrons. The number of rotatable bonds is 6. The molecule has 7 nitrogen and oxygen atoms in total. The fourth-order valence-corrected chi connectivity index (χ4v) is 2.27. The van der Waals surface area contributed by atoms with Crippen LogP contribution in [0.5, 0.6) is 0 Å². The van der Waals surface area contributed by atoms with E-state index in [9.17, 15) is 18.8 Å². The molecule has 0 heterocycles. The molecule has 0 saturated heterocycles. The van der Waals surface area contributed by atoms with Crippen LogP contribution >= 0.6 is 11.6 Å². The van der Waals surface area contributed by atoms with Crippen LogP contribution in [-0.2, 0) is 14.3 Å². The topological polar surface area (TPSA) is 96.5 Å². The Morgan fingerprint density at radius 2 is 1.68 bits per heavy atom. The zero-order valence-electron chi connectivity index (χ0n) is 15.2.